The number of imidazole rings is 1. The number of aryl methyl sites for hydroxylation is 3. The average Bonchev–Trinajstić information content (AvgIpc) is 3.95. The van der Waals surface area contributed by atoms with E-state index in [-0.39, 0.29) is 30.3 Å². The van der Waals surface area contributed by atoms with Crippen molar-refractivity contribution in [3.05, 3.63) is 71.3 Å². The molecule has 2 N–H and O–H groups in total. The normalized spacial score (nSPS) is 25.0. The first kappa shape index (κ1) is 39.2. The van der Waals surface area contributed by atoms with Gasteiger partial charge in [0.2, 0.25) is 23.6 Å². The summed E-state index contributed by atoms with van der Waals surface area (Å²) in [6.45, 7) is 9.16. The van der Waals surface area contributed by atoms with Gasteiger partial charge in [-0.25, -0.2) is 14.1 Å². The molecule has 1 aromatic carbocycles. The summed E-state index contributed by atoms with van der Waals surface area (Å²) in [7, 11) is 1.87. The minimum atomic E-state index is -1.02. The molecule has 10 rings (SSSR count). The number of piperazine rings is 1. The van der Waals surface area contributed by atoms with E-state index in [0.717, 1.165) is 91.3 Å². The molecule has 4 bridgehead atoms. The number of hydrogen-bond acceptors (Lipinski definition) is 11. The molecular formula is C45H52FN11O4. The number of ether oxygens (including phenoxy) is 1. The molecule has 4 aromatic heterocycles. The molecule has 5 aliphatic rings. The highest BCUT2D eigenvalue weighted by Crippen LogP contribution is 2.38. The second-order valence-corrected chi connectivity index (χ2v) is 17.6. The first-order chi connectivity index (χ1) is 29.5. The first-order valence-corrected chi connectivity index (χ1v) is 21.7. The minimum absolute atomic E-state index is 0.166. The number of nitrogens with one attached hydrogen (secondary N) is 2. The van der Waals surface area contributed by atoms with Crippen LogP contribution in [-0.2, 0) is 23.2 Å². The molecule has 4 fully saturated rings. The number of anilines is 3. The summed E-state index contributed by atoms with van der Waals surface area (Å²) in [6, 6.07) is 13.6. The van der Waals surface area contributed by atoms with Gasteiger partial charge in [0.25, 0.3) is 5.91 Å². The van der Waals surface area contributed by atoms with Crippen LogP contribution in [0.4, 0.5) is 21.7 Å². The van der Waals surface area contributed by atoms with E-state index in [0.29, 0.717) is 73.0 Å². The van der Waals surface area contributed by atoms with Gasteiger partial charge in [-0.15, -0.1) is 0 Å². The third-order valence-corrected chi connectivity index (χ3v) is 13.6. The van der Waals surface area contributed by atoms with Crippen molar-refractivity contribution in [2.75, 3.05) is 61.0 Å². The summed E-state index contributed by atoms with van der Waals surface area (Å²) in [5, 5.41) is 10.0. The van der Waals surface area contributed by atoms with Crippen molar-refractivity contribution in [2.24, 2.45) is 18.9 Å². The average molecular weight is 830 g/mol. The van der Waals surface area contributed by atoms with Gasteiger partial charge < -0.3 is 19.1 Å². The Labute approximate surface area is 353 Å². The fourth-order valence-electron chi connectivity index (χ4n) is 10.3. The SMILES string of the molecule is Cc1cc2cc(n1)-c1cnn(C)c1OC[C@H]1CC[C@H](C1)Cn1c(nc3ccc(N4CCN([C@H]5CCN(c6ccc(C7CCC(=O)NC7=O)nc6C)C[C@H]5F)CC4)cc31)NC2=O. The van der Waals surface area contributed by atoms with Crippen molar-refractivity contribution < 1.29 is 23.5 Å². The second kappa shape index (κ2) is 15.9. The van der Waals surface area contributed by atoms with Crippen LogP contribution < -0.4 is 25.2 Å². The Bertz CT molecular complexity index is 2530. The zero-order chi connectivity index (χ0) is 41.9. The summed E-state index contributed by atoms with van der Waals surface area (Å²) < 4.78 is 26.4. The fourth-order valence-corrected chi connectivity index (χ4v) is 10.3. The topological polar surface area (TPSA) is 156 Å². The van der Waals surface area contributed by atoms with Crippen LogP contribution in [0.15, 0.2) is 48.7 Å². The molecule has 0 radical (unpaired) electrons. The number of hydrogen-bond donors (Lipinski definition) is 2. The number of imide groups is 1. The van der Waals surface area contributed by atoms with Crippen LogP contribution in [0.2, 0.25) is 0 Å². The Morgan fingerprint density at radius 2 is 1.67 bits per heavy atom. The molecule has 1 unspecified atom stereocenters. The maximum atomic E-state index is 16.1. The lowest BCUT2D eigenvalue weighted by Gasteiger charge is -2.45. The molecule has 3 saturated heterocycles. The standard InChI is InChI=1S/C45H52FN11O4/c1-26-18-30-20-37(48-26)33-22-47-53(3)44(33)61-25-29-5-4-28(19-29)23-57-40-21-31(6-8-36(40)50-45(57)52-42(30)59)54-14-16-55(17-15-54)39-12-13-56(24-34(39)46)38-10-9-35(49-27(38)2)32-7-11-41(58)51-43(32)60/h6,8-10,18,20-22,28-29,32,34,39H,4-5,7,11-17,19,23-25H2,1-3H3,(H,50,52,59)(H,51,58,60)/t28-,29+,32?,34-,39+/m1/s1. The van der Waals surface area contributed by atoms with E-state index in [1.165, 1.54) is 0 Å². The first-order valence-electron chi connectivity index (χ1n) is 21.7. The van der Waals surface area contributed by atoms with E-state index in [2.05, 4.69) is 47.1 Å². The Morgan fingerprint density at radius 3 is 2.48 bits per heavy atom. The molecular weight excluding hydrogens is 778 g/mol. The summed E-state index contributed by atoms with van der Waals surface area (Å²) in [4.78, 5) is 59.3. The van der Waals surface area contributed by atoms with Gasteiger partial charge in [0, 0.05) is 75.7 Å². The highest BCUT2D eigenvalue weighted by atomic mass is 19.1. The molecule has 5 aromatic rings. The smallest absolute Gasteiger partial charge is 0.258 e. The van der Waals surface area contributed by atoms with Crippen LogP contribution in [0.1, 0.15) is 71.9 Å². The lowest BCUT2D eigenvalue weighted by atomic mass is 9.93. The molecule has 3 amide bonds. The van der Waals surface area contributed by atoms with E-state index < -0.39 is 12.1 Å². The lowest BCUT2D eigenvalue weighted by molar-refractivity contribution is -0.134. The van der Waals surface area contributed by atoms with E-state index in [9.17, 15) is 14.4 Å². The number of nitrogens with zero attached hydrogens (tertiary/aromatic N) is 9. The van der Waals surface area contributed by atoms with E-state index in [1.54, 1.807) is 23.0 Å². The Balaban J connectivity index is 0.833. The van der Waals surface area contributed by atoms with Crippen molar-refractivity contribution in [1.82, 2.24) is 39.5 Å². The third kappa shape index (κ3) is 7.59. The number of fused-ring (bicyclic) bond motifs is 9. The molecule has 8 heterocycles. The Morgan fingerprint density at radius 1 is 0.836 bits per heavy atom. The monoisotopic (exact) mass is 829 g/mol. The number of piperidine rings is 2. The van der Waals surface area contributed by atoms with Gasteiger partial charge in [-0.05, 0) is 100 Å². The zero-order valence-electron chi connectivity index (χ0n) is 34.9. The van der Waals surface area contributed by atoms with Crippen LogP contribution in [0.3, 0.4) is 0 Å². The maximum absolute atomic E-state index is 16.1. The predicted molar refractivity (Wildman–Crippen MR) is 229 cm³/mol. The van der Waals surface area contributed by atoms with Crippen molar-refractivity contribution in [1.29, 1.82) is 0 Å². The molecule has 5 atom stereocenters. The van der Waals surface area contributed by atoms with Crippen molar-refractivity contribution in [3.8, 4) is 17.1 Å². The molecule has 318 valence electrons. The highest BCUT2D eigenvalue weighted by Gasteiger charge is 2.37. The van der Waals surface area contributed by atoms with Crippen molar-refractivity contribution >= 4 is 46.1 Å². The van der Waals surface area contributed by atoms with Crippen LogP contribution in [-0.4, -0.2) is 110 Å². The molecule has 16 heteroatoms. The van der Waals surface area contributed by atoms with Gasteiger partial charge in [-0.2, -0.15) is 5.10 Å². The maximum Gasteiger partial charge on any atom is 0.258 e. The van der Waals surface area contributed by atoms with Crippen LogP contribution in [0.25, 0.3) is 22.3 Å². The quantitative estimate of drug-likeness (QED) is 0.231. The van der Waals surface area contributed by atoms with E-state index >= 15 is 4.39 Å². The zero-order valence-corrected chi connectivity index (χ0v) is 34.9. The number of carbonyl (C=O) groups excluding carboxylic acids is 3. The number of alkyl halides is 1. The van der Waals surface area contributed by atoms with Gasteiger partial charge in [0.05, 0.1) is 64.6 Å². The van der Waals surface area contributed by atoms with Gasteiger partial charge in [-0.3, -0.25) is 39.9 Å². The van der Waals surface area contributed by atoms with Crippen LogP contribution in [0, 0.1) is 25.7 Å². The van der Waals surface area contributed by atoms with E-state index in [4.69, 9.17) is 19.7 Å². The largest absolute Gasteiger partial charge is 0.477 e. The number of amides is 3. The minimum Gasteiger partial charge on any atom is -0.477 e. The van der Waals surface area contributed by atoms with Crippen molar-refractivity contribution in [3.63, 3.8) is 0 Å². The summed E-state index contributed by atoms with van der Waals surface area (Å²) >= 11 is 0. The van der Waals surface area contributed by atoms with E-state index in [1.807, 2.05) is 39.1 Å². The number of halogens is 1. The predicted octanol–water partition coefficient (Wildman–Crippen LogP) is 5.16. The highest BCUT2D eigenvalue weighted by molar-refractivity contribution is 6.05. The molecule has 1 saturated carbocycles. The number of aromatic nitrogens is 6. The molecule has 61 heavy (non-hydrogen) atoms. The second-order valence-electron chi connectivity index (χ2n) is 17.6. The fraction of sp³-hybridized carbons (Fsp3) is 0.489. The molecule has 0 spiro atoms. The number of pyridine rings is 2. The summed E-state index contributed by atoms with van der Waals surface area (Å²) in [6.07, 6.45) is 5.30. The van der Waals surface area contributed by atoms with Gasteiger partial charge in [-0.1, -0.05) is 0 Å². The van der Waals surface area contributed by atoms with Gasteiger partial charge in [0.1, 0.15) is 6.17 Å². The number of rotatable bonds is 4. The lowest BCUT2D eigenvalue weighted by Crippen LogP contribution is -2.58. The van der Waals surface area contributed by atoms with Gasteiger partial charge in [0.15, 0.2) is 0 Å². The van der Waals surface area contributed by atoms with Crippen molar-refractivity contribution in [2.45, 2.75) is 77.0 Å². The number of carbonyl (C=O) groups is 3. The molecule has 4 aliphatic heterocycles. The Hall–Kier alpha value is -5.90. The van der Waals surface area contributed by atoms with Gasteiger partial charge >= 0.3 is 0 Å². The van der Waals surface area contributed by atoms with Crippen LogP contribution >= 0.6 is 0 Å². The Kier molecular flexibility index (Phi) is 10.2. The third-order valence-electron chi connectivity index (χ3n) is 13.6. The summed E-state index contributed by atoms with van der Waals surface area (Å²) in [5.41, 5.74) is 7.80. The summed E-state index contributed by atoms with van der Waals surface area (Å²) in [5.74, 6) is 0.729. The van der Waals surface area contributed by atoms with Crippen LogP contribution in [0.5, 0.6) is 5.88 Å². The molecule has 1 aliphatic carbocycles. The number of benzene rings is 1. The molecule has 15 nitrogen and oxygen atoms in total.